The minimum atomic E-state index is -2.69. The number of rotatable bonds is 16. The quantitative estimate of drug-likeness (QED) is 0.104. The normalized spacial score (nSPS) is 13.9. The van der Waals surface area contributed by atoms with E-state index in [4.69, 9.17) is 4.74 Å². The van der Waals surface area contributed by atoms with Gasteiger partial charge in [-0.25, -0.2) is 0 Å². The van der Waals surface area contributed by atoms with Crippen molar-refractivity contribution in [2.24, 2.45) is 0 Å². The number of hydrogen-bond acceptors (Lipinski definition) is 3. The third kappa shape index (κ3) is 6.76. The molecule has 236 valence electrons. The average Bonchev–Trinajstić information content (AvgIpc) is 3.66. The summed E-state index contributed by atoms with van der Waals surface area (Å²) in [6.45, 7) is 13.9. The number of fused-ring (bicyclic) bond motifs is 3. The topological polar surface area (TPSA) is 9.23 Å². The maximum atomic E-state index is 7.45. The second-order valence-electron chi connectivity index (χ2n) is 13.2. The molecule has 0 saturated carbocycles. The van der Waals surface area contributed by atoms with Crippen LogP contribution in [0.25, 0.3) is 9.75 Å². The van der Waals surface area contributed by atoms with E-state index < -0.39 is 24.0 Å². The Morgan fingerprint density at radius 2 is 1.11 bits per heavy atom. The van der Waals surface area contributed by atoms with Crippen molar-refractivity contribution in [3.8, 4) is 15.5 Å². The van der Waals surface area contributed by atoms with E-state index >= 15 is 0 Å². The molecule has 0 N–H and O–H groups in total. The van der Waals surface area contributed by atoms with Crippen molar-refractivity contribution in [3.05, 3.63) is 93.4 Å². The van der Waals surface area contributed by atoms with Crippen LogP contribution in [0.15, 0.2) is 60.7 Å². The fraction of sp³-hybridized carbons (Fsp3) is 0.500. The number of thiophene rings is 2. The summed E-state index contributed by atoms with van der Waals surface area (Å²) in [6.07, 6.45) is 12.6. The number of ether oxygens (including phenoxy) is 1. The average molecular weight is 734 g/mol. The van der Waals surface area contributed by atoms with Crippen LogP contribution in [0.5, 0.6) is 5.75 Å². The molecule has 1 aliphatic heterocycles. The van der Waals surface area contributed by atoms with Crippen molar-refractivity contribution >= 4 is 43.9 Å². The van der Waals surface area contributed by atoms with Crippen LogP contribution >= 0.6 is 22.7 Å². The van der Waals surface area contributed by atoms with Gasteiger partial charge in [0, 0.05) is 0 Å². The van der Waals surface area contributed by atoms with Crippen molar-refractivity contribution < 1.29 is 4.74 Å². The summed E-state index contributed by atoms with van der Waals surface area (Å²) < 4.78 is 13.7. The molecule has 0 aliphatic carbocycles. The van der Waals surface area contributed by atoms with E-state index in [9.17, 15) is 0 Å². The van der Waals surface area contributed by atoms with Gasteiger partial charge in [0.2, 0.25) is 0 Å². The van der Waals surface area contributed by atoms with Gasteiger partial charge in [0.1, 0.15) is 0 Å². The fourth-order valence-corrected chi connectivity index (χ4v) is 28.7. The first-order chi connectivity index (χ1) is 21.4. The minimum absolute atomic E-state index is 0.641. The molecule has 4 heteroatoms. The van der Waals surface area contributed by atoms with E-state index in [0.717, 1.165) is 31.4 Å². The van der Waals surface area contributed by atoms with Gasteiger partial charge in [0.15, 0.2) is 0 Å². The Hall–Kier alpha value is -1.56. The van der Waals surface area contributed by atoms with Crippen LogP contribution < -0.4 is 7.63 Å². The molecular weight excluding hydrogens is 679 g/mol. The Kier molecular flexibility index (Phi) is 11.8. The third-order valence-electron chi connectivity index (χ3n) is 9.75. The van der Waals surface area contributed by atoms with Crippen molar-refractivity contribution in [2.45, 2.75) is 125 Å². The number of hydrogen-bond donors (Lipinski definition) is 0. The second kappa shape index (κ2) is 15.4. The van der Waals surface area contributed by atoms with Gasteiger partial charge in [0.25, 0.3) is 0 Å². The zero-order chi connectivity index (χ0) is 31.2. The van der Waals surface area contributed by atoms with E-state index in [1.54, 1.807) is 2.89 Å². The number of unbranched alkanes of at least 4 members (excludes halogenated alkanes) is 3. The van der Waals surface area contributed by atoms with Crippen molar-refractivity contribution in [3.63, 3.8) is 0 Å². The van der Waals surface area contributed by atoms with Gasteiger partial charge in [-0.15, -0.1) is 0 Å². The second-order valence-corrected chi connectivity index (χ2v) is 29.6. The maximum absolute atomic E-state index is 7.45. The standard InChI is InChI=1S/C28H27OS2.3C4H9.Sn/c1-4-6-20-8-12-22(13-9-20)28(23-14-10-21(7-5-2)11-15-23)24-16-17-30-26(24)27-25(29-28)18-19(3)31-27;3*1-3-4-2;/h8-16,18H,4-7H2,1-3H3;3*1,3-4H2,2H3;. The van der Waals surface area contributed by atoms with Crippen LogP contribution in [0.4, 0.5) is 0 Å². The molecular formula is C40H54OS2Sn. The predicted octanol–water partition coefficient (Wildman–Crippen LogP) is 12.4. The van der Waals surface area contributed by atoms with E-state index in [1.807, 2.05) is 11.3 Å². The Morgan fingerprint density at radius 3 is 1.57 bits per heavy atom. The molecule has 0 amide bonds. The summed E-state index contributed by atoms with van der Waals surface area (Å²) in [5, 5.41) is 0. The molecule has 0 radical (unpaired) electrons. The van der Waals surface area contributed by atoms with Crippen LogP contribution in [0, 0.1) is 6.92 Å². The molecule has 0 bridgehead atoms. The molecule has 44 heavy (non-hydrogen) atoms. The number of benzene rings is 2. The summed E-state index contributed by atoms with van der Waals surface area (Å²) in [7, 11) is 0. The SMILES string of the molecule is CCC[CH2][Sn]([CH2]CCC)([CH2]CCC)[c]1cc2c(s1)-c1sc(C)cc1OC2(c1ccc(CCC)cc1)c1ccc(CCC)cc1. The summed E-state index contributed by atoms with van der Waals surface area (Å²) in [6, 6.07) is 23.9. The molecule has 0 saturated heterocycles. The third-order valence-corrected chi connectivity index (χ3v) is 30.3. The first-order valence-corrected chi connectivity index (χ1v) is 26.7. The van der Waals surface area contributed by atoms with Crippen molar-refractivity contribution in [2.75, 3.05) is 0 Å². The first-order valence-electron chi connectivity index (χ1n) is 17.6. The van der Waals surface area contributed by atoms with Gasteiger partial charge in [-0.05, 0) is 0 Å². The molecule has 0 atom stereocenters. The zero-order valence-electron chi connectivity index (χ0n) is 28.2. The van der Waals surface area contributed by atoms with Gasteiger partial charge in [-0.3, -0.25) is 0 Å². The molecule has 0 fully saturated rings. The molecule has 4 aromatic rings. The first kappa shape index (κ1) is 33.8. The van der Waals surface area contributed by atoms with Gasteiger partial charge in [-0.2, -0.15) is 0 Å². The van der Waals surface area contributed by atoms with Gasteiger partial charge < -0.3 is 0 Å². The Balaban J connectivity index is 1.78. The Bertz CT molecular complexity index is 1410. The van der Waals surface area contributed by atoms with Gasteiger partial charge in [0.05, 0.1) is 0 Å². The monoisotopic (exact) mass is 734 g/mol. The molecule has 1 aliphatic rings. The molecule has 3 heterocycles. The van der Waals surface area contributed by atoms with Crippen molar-refractivity contribution in [1.82, 2.24) is 0 Å². The van der Waals surface area contributed by atoms with Crippen LogP contribution in [-0.2, 0) is 18.4 Å². The van der Waals surface area contributed by atoms with Crippen molar-refractivity contribution in [1.29, 1.82) is 0 Å². The predicted molar refractivity (Wildman–Crippen MR) is 198 cm³/mol. The summed E-state index contributed by atoms with van der Waals surface area (Å²) in [5.74, 6) is 1.07. The molecule has 0 spiro atoms. The van der Waals surface area contributed by atoms with Crippen LogP contribution in [0.1, 0.15) is 119 Å². The summed E-state index contributed by atoms with van der Waals surface area (Å²) in [4.78, 5) is 4.18. The van der Waals surface area contributed by atoms with Crippen LogP contribution in [0.3, 0.4) is 0 Å². The van der Waals surface area contributed by atoms with Crippen LogP contribution in [0.2, 0.25) is 13.3 Å². The van der Waals surface area contributed by atoms with E-state index in [-0.39, 0.29) is 0 Å². The zero-order valence-corrected chi connectivity index (χ0v) is 32.7. The Morgan fingerprint density at radius 1 is 0.614 bits per heavy atom. The summed E-state index contributed by atoms with van der Waals surface area (Å²) >= 11 is 1.42. The Labute approximate surface area is 280 Å². The summed E-state index contributed by atoms with van der Waals surface area (Å²) in [5.41, 5.74) is 6.11. The number of aryl methyl sites for hydroxylation is 3. The van der Waals surface area contributed by atoms with E-state index in [2.05, 4.69) is 114 Å². The molecule has 1 nitrogen and oxygen atoms in total. The molecule has 2 aromatic carbocycles. The van der Waals surface area contributed by atoms with Crippen LogP contribution in [-0.4, -0.2) is 18.4 Å². The molecule has 5 rings (SSSR count). The van der Waals surface area contributed by atoms with E-state index in [1.165, 1.54) is 94.3 Å². The molecule has 2 aromatic heterocycles. The van der Waals surface area contributed by atoms with E-state index in [0.29, 0.717) is 0 Å². The van der Waals surface area contributed by atoms with Gasteiger partial charge >= 0.3 is 282 Å². The fourth-order valence-electron chi connectivity index (χ4n) is 7.30. The molecule has 0 unspecified atom stereocenters. The van der Waals surface area contributed by atoms with Gasteiger partial charge in [-0.1, -0.05) is 0 Å².